The summed E-state index contributed by atoms with van der Waals surface area (Å²) in [6.07, 6.45) is 3.82. The SMILES string of the molecule is CNC(=N)NCCCC[C@H](N)C(=O)ON1C(N)=Cc2cccc3cccc1c23. The molecular formula is C20H26N6O2. The van der Waals surface area contributed by atoms with Crippen LogP contribution in [0.1, 0.15) is 24.8 Å². The lowest BCUT2D eigenvalue weighted by atomic mass is 10.00. The Morgan fingerprint density at radius 2 is 2.00 bits per heavy atom. The van der Waals surface area contributed by atoms with E-state index >= 15 is 0 Å². The van der Waals surface area contributed by atoms with Gasteiger partial charge < -0.3 is 26.9 Å². The molecule has 0 bridgehead atoms. The summed E-state index contributed by atoms with van der Waals surface area (Å²) in [6, 6.07) is 11.0. The van der Waals surface area contributed by atoms with E-state index < -0.39 is 12.0 Å². The van der Waals surface area contributed by atoms with Gasteiger partial charge in [0.25, 0.3) is 0 Å². The predicted octanol–water partition coefficient (Wildman–Crippen LogP) is 1.62. The van der Waals surface area contributed by atoms with Crippen molar-refractivity contribution in [2.45, 2.75) is 25.3 Å². The number of benzene rings is 2. The van der Waals surface area contributed by atoms with Crippen LogP contribution in [0.3, 0.4) is 0 Å². The van der Waals surface area contributed by atoms with Crippen molar-refractivity contribution in [3.05, 3.63) is 47.8 Å². The molecule has 0 unspecified atom stereocenters. The number of guanidine groups is 1. The van der Waals surface area contributed by atoms with Gasteiger partial charge in [0.2, 0.25) is 0 Å². The fraction of sp³-hybridized carbons (Fsp3) is 0.300. The normalized spacial score (nSPS) is 13.6. The number of nitrogens with one attached hydrogen (secondary N) is 3. The Balaban J connectivity index is 1.60. The van der Waals surface area contributed by atoms with Gasteiger partial charge in [-0.2, -0.15) is 5.06 Å². The summed E-state index contributed by atoms with van der Waals surface area (Å²) in [5.74, 6) is 0.0794. The van der Waals surface area contributed by atoms with Crippen molar-refractivity contribution in [3.8, 4) is 0 Å². The third-order valence-electron chi connectivity index (χ3n) is 4.65. The van der Waals surface area contributed by atoms with E-state index in [2.05, 4.69) is 10.6 Å². The molecule has 0 spiro atoms. The molecule has 28 heavy (non-hydrogen) atoms. The summed E-state index contributed by atoms with van der Waals surface area (Å²) in [5.41, 5.74) is 13.9. The van der Waals surface area contributed by atoms with Gasteiger partial charge >= 0.3 is 5.97 Å². The lowest BCUT2D eigenvalue weighted by Crippen LogP contribution is -2.40. The summed E-state index contributed by atoms with van der Waals surface area (Å²) in [4.78, 5) is 18.0. The van der Waals surface area contributed by atoms with E-state index in [4.69, 9.17) is 21.7 Å². The highest BCUT2D eigenvalue weighted by molar-refractivity contribution is 6.03. The third kappa shape index (κ3) is 4.17. The standard InChI is InChI=1S/C20H26N6O2/c1-24-20(23)25-11-3-2-9-15(21)19(27)28-26-16-10-5-7-13-6-4-8-14(18(13)16)12-17(26)22/h4-8,10,12,15H,2-3,9,11,21-22H2,1H3,(H3,23,24,25)/t15-/m0/s1. The van der Waals surface area contributed by atoms with Crippen molar-refractivity contribution in [1.29, 1.82) is 5.41 Å². The first-order chi connectivity index (χ1) is 13.5. The fourth-order valence-electron chi connectivity index (χ4n) is 3.16. The van der Waals surface area contributed by atoms with Crippen molar-refractivity contribution >= 4 is 34.5 Å². The molecular weight excluding hydrogens is 356 g/mol. The lowest BCUT2D eigenvalue weighted by molar-refractivity contribution is -0.146. The number of nitrogens with zero attached hydrogens (tertiary/aromatic N) is 1. The number of anilines is 1. The summed E-state index contributed by atoms with van der Waals surface area (Å²) < 4.78 is 0. The van der Waals surface area contributed by atoms with Crippen LogP contribution in [0.15, 0.2) is 42.2 Å². The summed E-state index contributed by atoms with van der Waals surface area (Å²) >= 11 is 0. The Labute approximate surface area is 164 Å². The largest absolute Gasteiger partial charge is 0.382 e. The van der Waals surface area contributed by atoms with Crippen LogP contribution in [-0.4, -0.2) is 31.6 Å². The maximum atomic E-state index is 12.5. The molecule has 0 amide bonds. The Kier molecular flexibility index (Phi) is 6.00. The van der Waals surface area contributed by atoms with Gasteiger partial charge in [0.15, 0.2) is 5.96 Å². The van der Waals surface area contributed by atoms with E-state index in [9.17, 15) is 4.79 Å². The van der Waals surface area contributed by atoms with Crippen LogP contribution in [0.4, 0.5) is 5.69 Å². The second-order valence-corrected chi connectivity index (χ2v) is 6.65. The van der Waals surface area contributed by atoms with Crippen LogP contribution in [0.25, 0.3) is 16.8 Å². The number of carbonyl (C=O) groups is 1. The van der Waals surface area contributed by atoms with Gasteiger partial charge in [-0.15, -0.1) is 0 Å². The smallest absolute Gasteiger partial charge is 0.349 e. The molecule has 148 valence electrons. The molecule has 2 aromatic carbocycles. The molecule has 0 saturated heterocycles. The quantitative estimate of drug-likeness (QED) is 0.279. The highest BCUT2D eigenvalue weighted by Crippen LogP contribution is 2.36. The zero-order valence-electron chi connectivity index (χ0n) is 15.9. The second kappa shape index (κ2) is 8.62. The van der Waals surface area contributed by atoms with Gasteiger partial charge in [0.05, 0.1) is 5.69 Å². The molecule has 1 atom stereocenters. The van der Waals surface area contributed by atoms with E-state index in [0.29, 0.717) is 18.8 Å². The molecule has 0 aromatic heterocycles. The Bertz CT molecular complexity index is 905. The molecule has 0 radical (unpaired) electrons. The van der Waals surface area contributed by atoms with E-state index in [0.717, 1.165) is 34.9 Å². The molecule has 1 heterocycles. The van der Waals surface area contributed by atoms with Gasteiger partial charge in [-0.3, -0.25) is 5.41 Å². The summed E-state index contributed by atoms with van der Waals surface area (Å²) in [7, 11) is 1.68. The van der Waals surface area contributed by atoms with Crippen molar-refractivity contribution < 1.29 is 9.63 Å². The van der Waals surface area contributed by atoms with E-state index in [1.807, 2.05) is 36.4 Å². The molecule has 3 rings (SSSR count). The minimum absolute atomic E-state index is 0.269. The first kappa shape index (κ1) is 19.5. The van der Waals surface area contributed by atoms with Crippen molar-refractivity contribution in [2.24, 2.45) is 11.5 Å². The maximum absolute atomic E-state index is 12.5. The Morgan fingerprint density at radius 1 is 1.25 bits per heavy atom. The lowest BCUT2D eigenvalue weighted by Gasteiger charge is -2.29. The van der Waals surface area contributed by atoms with Gasteiger partial charge in [-0.1, -0.05) is 30.3 Å². The fourth-order valence-corrected chi connectivity index (χ4v) is 3.16. The first-order valence-corrected chi connectivity index (χ1v) is 9.28. The second-order valence-electron chi connectivity index (χ2n) is 6.65. The van der Waals surface area contributed by atoms with E-state index in [1.54, 1.807) is 13.1 Å². The van der Waals surface area contributed by atoms with Crippen LogP contribution in [0.5, 0.6) is 0 Å². The highest BCUT2D eigenvalue weighted by atomic mass is 16.7. The Morgan fingerprint density at radius 3 is 2.75 bits per heavy atom. The molecule has 2 aromatic rings. The average molecular weight is 382 g/mol. The highest BCUT2D eigenvalue weighted by Gasteiger charge is 2.25. The van der Waals surface area contributed by atoms with Gasteiger partial charge in [0.1, 0.15) is 11.9 Å². The zero-order valence-corrected chi connectivity index (χ0v) is 15.9. The Hall–Kier alpha value is -3.26. The van der Waals surface area contributed by atoms with Crippen molar-refractivity contribution in [3.63, 3.8) is 0 Å². The molecule has 1 aliphatic rings. The molecule has 0 aliphatic carbocycles. The number of hydrogen-bond acceptors (Lipinski definition) is 6. The van der Waals surface area contributed by atoms with Crippen LogP contribution < -0.4 is 27.2 Å². The van der Waals surface area contributed by atoms with Crippen LogP contribution >= 0.6 is 0 Å². The number of hydrogen-bond donors (Lipinski definition) is 5. The monoisotopic (exact) mass is 382 g/mol. The summed E-state index contributed by atoms with van der Waals surface area (Å²) in [5, 5.41) is 16.4. The molecule has 8 nitrogen and oxygen atoms in total. The number of hydroxylamine groups is 1. The van der Waals surface area contributed by atoms with Crippen LogP contribution in [0, 0.1) is 5.41 Å². The van der Waals surface area contributed by atoms with Crippen LogP contribution in [0.2, 0.25) is 0 Å². The molecule has 0 fully saturated rings. The maximum Gasteiger partial charge on any atom is 0.349 e. The summed E-state index contributed by atoms with van der Waals surface area (Å²) in [6.45, 7) is 0.641. The molecule has 0 saturated carbocycles. The minimum atomic E-state index is -0.743. The predicted molar refractivity (Wildman–Crippen MR) is 111 cm³/mol. The van der Waals surface area contributed by atoms with E-state index in [1.165, 1.54) is 5.06 Å². The first-order valence-electron chi connectivity index (χ1n) is 9.28. The average Bonchev–Trinajstić information content (AvgIpc) is 2.70. The minimum Gasteiger partial charge on any atom is -0.382 e. The number of rotatable bonds is 7. The van der Waals surface area contributed by atoms with Crippen LogP contribution in [-0.2, 0) is 9.63 Å². The zero-order chi connectivity index (χ0) is 20.1. The van der Waals surface area contributed by atoms with Gasteiger partial charge in [-0.25, -0.2) is 4.79 Å². The topological polar surface area (TPSA) is 129 Å². The molecule has 7 N–H and O–H groups in total. The van der Waals surface area contributed by atoms with Gasteiger partial charge in [0, 0.05) is 19.0 Å². The molecule has 8 heteroatoms. The third-order valence-corrected chi connectivity index (χ3v) is 4.65. The van der Waals surface area contributed by atoms with Gasteiger partial charge in [-0.05, 0) is 42.4 Å². The van der Waals surface area contributed by atoms with E-state index in [-0.39, 0.29) is 5.96 Å². The number of unbranched alkanes of at least 4 members (excludes halogenated alkanes) is 1. The molecule has 1 aliphatic heterocycles. The van der Waals surface area contributed by atoms with Crippen molar-refractivity contribution in [2.75, 3.05) is 18.7 Å². The van der Waals surface area contributed by atoms with Crippen molar-refractivity contribution in [1.82, 2.24) is 10.6 Å². The number of carbonyl (C=O) groups excluding carboxylic acids is 1. The number of nitrogens with two attached hydrogens (primary N) is 2.